The summed E-state index contributed by atoms with van der Waals surface area (Å²) in [5, 5.41) is 1.76. The van der Waals surface area contributed by atoms with Crippen molar-refractivity contribution in [2.75, 3.05) is 0 Å². The van der Waals surface area contributed by atoms with E-state index in [0.29, 0.717) is 10.8 Å². The topological polar surface area (TPSA) is 72.2 Å². The van der Waals surface area contributed by atoms with Gasteiger partial charge in [-0.05, 0) is 30.9 Å². The Morgan fingerprint density at radius 3 is 2.64 bits per heavy atom. The van der Waals surface area contributed by atoms with E-state index in [1.807, 2.05) is 0 Å². The lowest BCUT2D eigenvalue weighted by Crippen LogP contribution is -2.29. The second-order valence-electron chi connectivity index (χ2n) is 3.25. The summed E-state index contributed by atoms with van der Waals surface area (Å²) in [6.45, 7) is 3.94. The molecule has 0 bridgehead atoms. The van der Waals surface area contributed by atoms with E-state index >= 15 is 0 Å². The summed E-state index contributed by atoms with van der Waals surface area (Å²) in [6, 6.07) is 1.51. The van der Waals surface area contributed by atoms with Gasteiger partial charge < -0.3 is 5.73 Å². The molecule has 0 saturated heterocycles. The van der Waals surface area contributed by atoms with Gasteiger partial charge in [0.05, 0.1) is 0 Å². The summed E-state index contributed by atoms with van der Waals surface area (Å²) in [6.07, 6.45) is 0. The summed E-state index contributed by atoms with van der Waals surface area (Å²) in [4.78, 5) is 0. The van der Waals surface area contributed by atoms with Gasteiger partial charge >= 0.3 is 0 Å². The highest BCUT2D eigenvalue weighted by Gasteiger charge is 2.17. The first-order valence-corrected chi connectivity index (χ1v) is 6.62. The van der Waals surface area contributed by atoms with Gasteiger partial charge in [0.25, 0.3) is 0 Å². The van der Waals surface area contributed by atoms with Crippen LogP contribution in [0.3, 0.4) is 0 Å². The predicted octanol–water partition coefficient (Wildman–Crippen LogP) is 0.894. The van der Waals surface area contributed by atoms with Gasteiger partial charge in [-0.25, -0.2) is 13.1 Å². The maximum atomic E-state index is 11.6. The molecule has 0 saturated carbocycles. The number of hydrogen-bond donors (Lipinski definition) is 2. The smallest absolute Gasteiger partial charge is 0.250 e. The Balaban J connectivity index is 2.93. The summed E-state index contributed by atoms with van der Waals surface area (Å²) in [5.41, 5.74) is 6.25. The monoisotopic (exact) mass is 234 g/mol. The van der Waals surface area contributed by atoms with Crippen LogP contribution >= 0.6 is 11.3 Å². The Bertz CT molecular complexity index is 395. The molecule has 0 atom stereocenters. The lowest BCUT2D eigenvalue weighted by Gasteiger charge is -2.06. The van der Waals surface area contributed by atoms with Crippen molar-refractivity contribution in [1.82, 2.24) is 4.72 Å². The summed E-state index contributed by atoms with van der Waals surface area (Å²) >= 11 is 1.19. The van der Waals surface area contributed by atoms with E-state index in [0.717, 1.165) is 5.56 Å². The molecule has 80 valence electrons. The number of rotatable bonds is 4. The number of sulfonamides is 1. The van der Waals surface area contributed by atoms with Gasteiger partial charge in [0, 0.05) is 12.6 Å². The number of nitrogens with one attached hydrogen (secondary N) is 1. The quantitative estimate of drug-likeness (QED) is 0.812. The van der Waals surface area contributed by atoms with Crippen molar-refractivity contribution < 1.29 is 8.42 Å². The third-order valence-corrected chi connectivity index (χ3v) is 4.67. The zero-order valence-corrected chi connectivity index (χ0v) is 9.78. The van der Waals surface area contributed by atoms with Crippen LogP contribution in [-0.2, 0) is 16.6 Å². The molecule has 1 aromatic rings. The zero-order valence-electron chi connectivity index (χ0n) is 8.15. The molecule has 0 aliphatic carbocycles. The van der Waals surface area contributed by atoms with Gasteiger partial charge in [0.2, 0.25) is 10.0 Å². The molecule has 1 aromatic heterocycles. The van der Waals surface area contributed by atoms with Gasteiger partial charge in [-0.15, -0.1) is 11.3 Å². The van der Waals surface area contributed by atoms with E-state index in [1.54, 1.807) is 25.3 Å². The van der Waals surface area contributed by atoms with E-state index in [-0.39, 0.29) is 6.04 Å². The van der Waals surface area contributed by atoms with Crippen LogP contribution in [0.15, 0.2) is 15.7 Å². The third-order valence-electron chi connectivity index (χ3n) is 1.52. The van der Waals surface area contributed by atoms with Crippen molar-refractivity contribution >= 4 is 21.4 Å². The van der Waals surface area contributed by atoms with Crippen molar-refractivity contribution in [3.63, 3.8) is 0 Å². The van der Waals surface area contributed by atoms with Crippen LogP contribution in [0.1, 0.15) is 19.4 Å². The largest absolute Gasteiger partial charge is 0.326 e. The van der Waals surface area contributed by atoms with Gasteiger partial charge in [0.1, 0.15) is 4.21 Å². The fourth-order valence-corrected chi connectivity index (χ4v) is 3.46. The van der Waals surface area contributed by atoms with Crippen LogP contribution in [0.25, 0.3) is 0 Å². The molecule has 0 aromatic carbocycles. The molecule has 0 amide bonds. The molecular formula is C8H14N2O2S2. The summed E-state index contributed by atoms with van der Waals surface area (Å²) < 4.78 is 26.1. The van der Waals surface area contributed by atoms with Crippen LogP contribution in [0.4, 0.5) is 0 Å². The Hall–Kier alpha value is -0.430. The molecule has 0 radical (unpaired) electrons. The SMILES string of the molecule is CC(C)NS(=O)(=O)c1cc(CN)cs1. The summed E-state index contributed by atoms with van der Waals surface area (Å²) in [5.74, 6) is 0. The normalized spacial score (nSPS) is 12.3. The van der Waals surface area contributed by atoms with Crippen LogP contribution in [0.2, 0.25) is 0 Å². The predicted molar refractivity (Wildman–Crippen MR) is 57.7 cm³/mol. The van der Waals surface area contributed by atoms with Crippen molar-refractivity contribution in [2.45, 2.75) is 30.6 Å². The third kappa shape index (κ3) is 2.78. The van der Waals surface area contributed by atoms with Gasteiger partial charge in [-0.2, -0.15) is 0 Å². The molecule has 0 aliphatic heterocycles. The fraction of sp³-hybridized carbons (Fsp3) is 0.500. The highest BCUT2D eigenvalue weighted by atomic mass is 32.2. The van der Waals surface area contributed by atoms with E-state index in [1.165, 1.54) is 11.3 Å². The molecule has 4 nitrogen and oxygen atoms in total. The zero-order chi connectivity index (χ0) is 10.8. The number of thiophene rings is 1. The second-order valence-corrected chi connectivity index (χ2v) is 6.11. The molecule has 0 fully saturated rings. The Morgan fingerprint density at radius 2 is 2.21 bits per heavy atom. The van der Waals surface area contributed by atoms with Crippen molar-refractivity contribution in [2.24, 2.45) is 5.73 Å². The molecule has 0 aliphatic rings. The Labute approximate surface area is 88.2 Å². The first-order valence-electron chi connectivity index (χ1n) is 4.25. The Morgan fingerprint density at radius 1 is 1.57 bits per heavy atom. The van der Waals surface area contributed by atoms with Crippen molar-refractivity contribution in [1.29, 1.82) is 0 Å². The average molecular weight is 234 g/mol. The minimum absolute atomic E-state index is 0.0940. The molecule has 3 N–H and O–H groups in total. The lowest BCUT2D eigenvalue weighted by atomic mass is 10.4. The van der Waals surface area contributed by atoms with Crippen LogP contribution < -0.4 is 10.5 Å². The van der Waals surface area contributed by atoms with Gasteiger partial charge in [-0.3, -0.25) is 0 Å². The molecule has 0 spiro atoms. The highest BCUT2D eigenvalue weighted by molar-refractivity contribution is 7.91. The fourth-order valence-electron chi connectivity index (χ4n) is 0.970. The molecular weight excluding hydrogens is 220 g/mol. The van der Waals surface area contributed by atoms with Crippen LogP contribution in [0.5, 0.6) is 0 Å². The van der Waals surface area contributed by atoms with E-state index in [2.05, 4.69) is 4.72 Å². The highest BCUT2D eigenvalue weighted by Crippen LogP contribution is 2.19. The first kappa shape index (κ1) is 11.6. The molecule has 14 heavy (non-hydrogen) atoms. The second kappa shape index (κ2) is 4.39. The number of nitrogens with two attached hydrogens (primary N) is 1. The number of hydrogen-bond acceptors (Lipinski definition) is 4. The van der Waals surface area contributed by atoms with Crippen molar-refractivity contribution in [3.05, 3.63) is 17.0 Å². The Kier molecular flexibility index (Phi) is 3.65. The van der Waals surface area contributed by atoms with E-state index in [9.17, 15) is 8.42 Å². The molecule has 6 heteroatoms. The van der Waals surface area contributed by atoms with E-state index in [4.69, 9.17) is 5.73 Å². The van der Waals surface area contributed by atoms with E-state index < -0.39 is 10.0 Å². The maximum absolute atomic E-state index is 11.6. The molecule has 0 unspecified atom stereocenters. The standard InChI is InChI=1S/C8H14N2O2S2/c1-6(2)10-14(11,12)8-3-7(4-9)5-13-8/h3,5-6,10H,4,9H2,1-2H3. The minimum Gasteiger partial charge on any atom is -0.326 e. The average Bonchev–Trinajstić information content (AvgIpc) is 2.49. The van der Waals surface area contributed by atoms with Crippen molar-refractivity contribution in [3.8, 4) is 0 Å². The summed E-state index contributed by atoms with van der Waals surface area (Å²) in [7, 11) is -3.34. The maximum Gasteiger partial charge on any atom is 0.250 e. The molecule has 1 rings (SSSR count). The molecule has 1 heterocycles. The van der Waals surface area contributed by atoms with Gasteiger partial charge in [-0.1, -0.05) is 0 Å². The lowest BCUT2D eigenvalue weighted by molar-refractivity contribution is 0.572. The van der Waals surface area contributed by atoms with Gasteiger partial charge in [0.15, 0.2) is 0 Å². The van der Waals surface area contributed by atoms with Crippen LogP contribution in [0, 0.1) is 0 Å². The first-order chi connectivity index (χ1) is 6.45. The van der Waals surface area contributed by atoms with Crippen LogP contribution in [-0.4, -0.2) is 14.5 Å². The minimum atomic E-state index is -3.34.